The van der Waals surface area contributed by atoms with E-state index < -0.39 is 0 Å². The van der Waals surface area contributed by atoms with Gasteiger partial charge in [-0.1, -0.05) is 0 Å². The second kappa shape index (κ2) is 4.73. The number of hydrogen-bond acceptors (Lipinski definition) is 2. The van der Waals surface area contributed by atoms with Crippen molar-refractivity contribution >= 4 is 0 Å². The zero-order valence-corrected chi connectivity index (χ0v) is 8.57. The molecule has 1 N–H and O–H groups in total. The molecule has 0 bridgehead atoms. The molecule has 0 aliphatic rings. The van der Waals surface area contributed by atoms with Gasteiger partial charge in [0.1, 0.15) is 0 Å². The molecule has 0 heterocycles. The molecule has 0 radical (unpaired) electrons. The molecule has 0 fully saturated rings. The van der Waals surface area contributed by atoms with Gasteiger partial charge in [-0.2, -0.15) is 0 Å². The van der Waals surface area contributed by atoms with Gasteiger partial charge in [-0.15, -0.1) is 0 Å². The highest BCUT2D eigenvalue weighted by Gasteiger charge is 2.13. The first kappa shape index (κ1) is 10.9. The van der Waals surface area contributed by atoms with Gasteiger partial charge in [0.15, 0.2) is 0 Å². The topological polar surface area (TPSA) is 15.3 Å². The van der Waals surface area contributed by atoms with Gasteiger partial charge < -0.3 is 10.2 Å². The van der Waals surface area contributed by atoms with E-state index in [1.54, 1.807) is 0 Å². The molecule has 0 atom stereocenters. The minimum Gasteiger partial charge on any atom is -0.315 e. The van der Waals surface area contributed by atoms with Crippen LogP contribution in [0.15, 0.2) is 0 Å². The fraction of sp³-hybridized carbons (Fsp3) is 1.00. The third-order valence-corrected chi connectivity index (χ3v) is 2.08. The van der Waals surface area contributed by atoms with Crippen LogP contribution >= 0.6 is 0 Å². The maximum atomic E-state index is 3.30. The average molecular weight is 158 g/mol. The van der Waals surface area contributed by atoms with E-state index in [1.165, 1.54) is 19.4 Å². The summed E-state index contributed by atoms with van der Waals surface area (Å²) in [5.41, 5.74) is 0.302. The molecule has 0 spiro atoms. The summed E-state index contributed by atoms with van der Waals surface area (Å²) in [5.74, 6) is 0. The van der Waals surface area contributed by atoms with Crippen LogP contribution in [0.2, 0.25) is 0 Å². The zero-order valence-electron chi connectivity index (χ0n) is 8.57. The fourth-order valence-corrected chi connectivity index (χ4v) is 0.962. The van der Waals surface area contributed by atoms with E-state index in [2.05, 4.69) is 38.2 Å². The van der Waals surface area contributed by atoms with Gasteiger partial charge in [-0.05, 0) is 54.4 Å². The number of hydrogen-bond donors (Lipinski definition) is 1. The van der Waals surface area contributed by atoms with Crippen molar-refractivity contribution in [3.63, 3.8) is 0 Å². The van der Waals surface area contributed by atoms with Crippen molar-refractivity contribution in [3.8, 4) is 0 Å². The maximum Gasteiger partial charge on any atom is 0.0122 e. The number of nitrogens with zero attached hydrogens (tertiary/aromatic N) is 1. The van der Waals surface area contributed by atoms with Gasteiger partial charge in [0, 0.05) is 5.54 Å². The zero-order chi connectivity index (χ0) is 8.91. The first-order valence-corrected chi connectivity index (χ1v) is 4.31. The highest BCUT2D eigenvalue weighted by molar-refractivity contribution is 4.74. The Balaban J connectivity index is 3.38. The highest BCUT2D eigenvalue weighted by Crippen LogP contribution is 2.09. The summed E-state index contributed by atoms with van der Waals surface area (Å²) < 4.78 is 0. The molecule has 0 aliphatic carbocycles. The van der Waals surface area contributed by atoms with Crippen LogP contribution in [-0.4, -0.2) is 38.1 Å². The van der Waals surface area contributed by atoms with Crippen LogP contribution in [0.25, 0.3) is 0 Å². The molecule has 0 aliphatic heterocycles. The normalized spacial score (nSPS) is 12.5. The Morgan fingerprint density at radius 1 is 1.27 bits per heavy atom. The summed E-state index contributed by atoms with van der Waals surface area (Å²) in [4.78, 5) is 2.23. The fourth-order valence-electron chi connectivity index (χ4n) is 0.962. The van der Waals surface area contributed by atoms with E-state index in [9.17, 15) is 0 Å². The SMILES string of the molecule is CNC(C)(C)CCCN(C)C. The van der Waals surface area contributed by atoms with Gasteiger partial charge in [0.05, 0.1) is 0 Å². The smallest absolute Gasteiger partial charge is 0.0122 e. The number of nitrogens with one attached hydrogen (secondary N) is 1. The third-order valence-electron chi connectivity index (χ3n) is 2.08. The average Bonchev–Trinajstić information content (AvgIpc) is 1.87. The van der Waals surface area contributed by atoms with Gasteiger partial charge in [0.2, 0.25) is 0 Å². The van der Waals surface area contributed by atoms with Crippen molar-refractivity contribution < 1.29 is 0 Å². The number of rotatable bonds is 5. The standard InChI is InChI=1S/C9H22N2/c1-9(2,10-3)7-6-8-11(4)5/h10H,6-8H2,1-5H3. The highest BCUT2D eigenvalue weighted by atomic mass is 15.0. The predicted octanol–water partition coefficient (Wildman–Crippen LogP) is 1.33. The lowest BCUT2D eigenvalue weighted by atomic mass is 9.99. The first-order valence-electron chi connectivity index (χ1n) is 4.31. The largest absolute Gasteiger partial charge is 0.315 e. The van der Waals surface area contributed by atoms with E-state index in [-0.39, 0.29) is 0 Å². The van der Waals surface area contributed by atoms with Gasteiger partial charge in [-0.25, -0.2) is 0 Å². The Bertz CT molecular complexity index is 97.7. The van der Waals surface area contributed by atoms with Crippen molar-refractivity contribution in [2.45, 2.75) is 32.2 Å². The van der Waals surface area contributed by atoms with Crippen molar-refractivity contribution in [1.29, 1.82) is 0 Å². The summed E-state index contributed by atoms with van der Waals surface area (Å²) in [6.07, 6.45) is 2.50. The molecule has 2 nitrogen and oxygen atoms in total. The monoisotopic (exact) mass is 158 g/mol. The molecule has 0 aromatic carbocycles. The van der Waals surface area contributed by atoms with E-state index >= 15 is 0 Å². The quantitative estimate of drug-likeness (QED) is 0.649. The summed E-state index contributed by atoms with van der Waals surface area (Å²) in [5, 5.41) is 3.30. The predicted molar refractivity (Wildman–Crippen MR) is 50.9 cm³/mol. The van der Waals surface area contributed by atoms with Crippen molar-refractivity contribution in [3.05, 3.63) is 0 Å². The van der Waals surface area contributed by atoms with Crippen LogP contribution < -0.4 is 5.32 Å². The Morgan fingerprint density at radius 2 is 1.82 bits per heavy atom. The van der Waals surface area contributed by atoms with Crippen LogP contribution in [0.4, 0.5) is 0 Å². The van der Waals surface area contributed by atoms with E-state index in [0.717, 1.165) is 0 Å². The van der Waals surface area contributed by atoms with Crippen LogP contribution in [0, 0.1) is 0 Å². The van der Waals surface area contributed by atoms with Gasteiger partial charge in [0.25, 0.3) is 0 Å². The van der Waals surface area contributed by atoms with E-state index in [0.29, 0.717) is 5.54 Å². The lowest BCUT2D eigenvalue weighted by Gasteiger charge is -2.24. The molecular weight excluding hydrogens is 136 g/mol. The van der Waals surface area contributed by atoms with Crippen LogP contribution in [0.1, 0.15) is 26.7 Å². The molecule has 0 rings (SSSR count). The minimum atomic E-state index is 0.302. The molecule has 0 saturated heterocycles. The Labute approximate surface area is 71.0 Å². The van der Waals surface area contributed by atoms with Crippen LogP contribution in [0.3, 0.4) is 0 Å². The van der Waals surface area contributed by atoms with Crippen molar-refractivity contribution in [1.82, 2.24) is 10.2 Å². The second-order valence-corrected chi connectivity index (χ2v) is 4.04. The van der Waals surface area contributed by atoms with Crippen LogP contribution in [0.5, 0.6) is 0 Å². The Kier molecular flexibility index (Phi) is 4.69. The third kappa shape index (κ3) is 6.32. The maximum absolute atomic E-state index is 3.30. The molecule has 0 aromatic rings. The molecule has 0 unspecified atom stereocenters. The summed E-state index contributed by atoms with van der Waals surface area (Å²) in [6.45, 7) is 5.66. The minimum absolute atomic E-state index is 0.302. The van der Waals surface area contributed by atoms with Crippen molar-refractivity contribution in [2.24, 2.45) is 0 Å². The summed E-state index contributed by atoms with van der Waals surface area (Å²) in [6, 6.07) is 0. The van der Waals surface area contributed by atoms with Crippen LogP contribution in [-0.2, 0) is 0 Å². The Hall–Kier alpha value is -0.0800. The lowest BCUT2D eigenvalue weighted by Crippen LogP contribution is -2.36. The first-order chi connectivity index (χ1) is 4.98. The summed E-state index contributed by atoms with van der Waals surface area (Å²) >= 11 is 0. The van der Waals surface area contributed by atoms with Gasteiger partial charge in [-0.3, -0.25) is 0 Å². The van der Waals surface area contributed by atoms with Crippen molar-refractivity contribution in [2.75, 3.05) is 27.7 Å². The molecule has 2 heteroatoms. The van der Waals surface area contributed by atoms with Gasteiger partial charge >= 0.3 is 0 Å². The van der Waals surface area contributed by atoms with E-state index in [1.807, 2.05) is 7.05 Å². The Morgan fingerprint density at radius 3 is 2.18 bits per heavy atom. The summed E-state index contributed by atoms with van der Waals surface area (Å²) in [7, 11) is 6.26. The molecule has 0 amide bonds. The molecule has 11 heavy (non-hydrogen) atoms. The van der Waals surface area contributed by atoms with E-state index in [4.69, 9.17) is 0 Å². The molecule has 0 saturated carbocycles. The molecular formula is C9H22N2. The second-order valence-electron chi connectivity index (χ2n) is 4.04. The molecule has 68 valence electrons. The molecule has 0 aromatic heterocycles. The lowest BCUT2D eigenvalue weighted by molar-refractivity contribution is 0.332.